The molecule has 0 spiro atoms. The van der Waals surface area contributed by atoms with Crippen LogP contribution in [0.15, 0.2) is 59.1 Å². The SMILES string of the molecule is Cc1ccc(C)c(-c2cc(C(=O)N[C@@H](Cc3ccccc3)C(=O)N3CCOCC3)no2)c1. The van der Waals surface area contributed by atoms with Crippen molar-refractivity contribution < 1.29 is 18.8 Å². The first-order valence-electron chi connectivity index (χ1n) is 10.8. The van der Waals surface area contributed by atoms with Crippen LogP contribution < -0.4 is 5.32 Å². The van der Waals surface area contributed by atoms with E-state index in [4.69, 9.17) is 9.26 Å². The van der Waals surface area contributed by atoms with Crippen LogP contribution >= 0.6 is 0 Å². The summed E-state index contributed by atoms with van der Waals surface area (Å²) >= 11 is 0. The molecule has 0 aliphatic carbocycles. The molecular formula is C25H27N3O4. The molecule has 7 nitrogen and oxygen atoms in total. The number of nitrogens with one attached hydrogen (secondary N) is 1. The van der Waals surface area contributed by atoms with Gasteiger partial charge in [0.15, 0.2) is 11.5 Å². The van der Waals surface area contributed by atoms with Gasteiger partial charge < -0.3 is 19.5 Å². The second-order valence-electron chi connectivity index (χ2n) is 8.05. The summed E-state index contributed by atoms with van der Waals surface area (Å²) in [5.41, 5.74) is 4.13. The van der Waals surface area contributed by atoms with Crippen LogP contribution in [0.25, 0.3) is 11.3 Å². The van der Waals surface area contributed by atoms with E-state index in [1.165, 1.54) is 0 Å². The third-order valence-corrected chi connectivity index (χ3v) is 5.61. The zero-order valence-electron chi connectivity index (χ0n) is 18.3. The fourth-order valence-electron chi connectivity index (χ4n) is 3.80. The molecule has 1 fully saturated rings. The molecule has 7 heteroatoms. The molecule has 3 aromatic rings. The normalized spacial score (nSPS) is 14.8. The number of benzene rings is 2. The highest BCUT2D eigenvalue weighted by Crippen LogP contribution is 2.25. The minimum atomic E-state index is -0.705. The maximum absolute atomic E-state index is 13.2. The molecular weight excluding hydrogens is 406 g/mol. The number of morpholine rings is 1. The van der Waals surface area contributed by atoms with Crippen LogP contribution in [-0.4, -0.2) is 54.2 Å². The number of rotatable bonds is 6. The minimum Gasteiger partial charge on any atom is -0.378 e. The molecule has 2 aromatic carbocycles. The number of nitrogens with zero attached hydrogens (tertiary/aromatic N) is 2. The highest BCUT2D eigenvalue weighted by molar-refractivity contribution is 5.96. The average molecular weight is 434 g/mol. The van der Waals surface area contributed by atoms with Gasteiger partial charge in [0.1, 0.15) is 6.04 Å². The van der Waals surface area contributed by atoms with Gasteiger partial charge in [0, 0.05) is 31.1 Å². The number of ether oxygens (including phenoxy) is 1. The molecule has 1 aliphatic rings. The standard InChI is InChI=1S/C25H27N3O4/c1-17-8-9-18(2)20(14-17)23-16-21(27-32-23)24(29)26-22(15-19-6-4-3-5-7-19)25(30)28-10-12-31-13-11-28/h3-9,14,16,22H,10-13,15H2,1-2H3,(H,26,29)/t22-/m0/s1. The summed E-state index contributed by atoms with van der Waals surface area (Å²) in [5.74, 6) is -0.0351. The van der Waals surface area contributed by atoms with Gasteiger partial charge in [-0.25, -0.2) is 0 Å². The predicted molar refractivity (Wildman–Crippen MR) is 120 cm³/mol. The van der Waals surface area contributed by atoms with Gasteiger partial charge in [-0.3, -0.25) is 9.59 Å². The van der Waals surface area contributed by atoms with Gasteiger partial charge in [-0.1, -0.05) is 53.2 Å². The fraction of sp³-hybridized carbons (Fsp3) is 0.320. The Morgan fingerprint density at radius 1 is 1.06 bits per heavy atom. The summed E-state index contributed by atoms with van der Waals surface area (Å²) in [7, 11) is 0. The zero-order valence-corrected chi connectivity index (χ0v) is 18.3. The summed E-state index contributed by atoms with van der Waals surface area (Å²) in [4.78, 5) is 27.9. The van der Waals surface area contributed by atoms with Crippen LogP contribution in [0.5, 0.6) is 0 Å². The molecule has 0 saturated carbocycles. The maximum atomic E-state index is 13.2. The largest absolute Gasteiger partial charge is 0.378 e. The van der Waals surface area contributed by atoms with Crippen molar-refractivity contribution in [2.45, 2.75) is 26.3 Å². The lowest BCUT2D eigenvalue weighted by molar-refractivity contribution is -0.137. The average Bonchev–Trinajstić information content (AvgIpc) is 3.31. The van der Waals surface area contributed by atoms with Gasteiger partial charge in [-0.2, -0.15) is 0 Å². The van der Waals surface area contributed by atoms with E-state index in [1.807, 2.05) is 62.4 Å². The lowest BCUT2D eigenvalue weighted by Gasteiger charge is -2.30. The van der Waals surface area contributed by atoms with E-state index in [-0.39, 0.29) is 11.6 Å². The number of hydrogen-bond donors (Lipinski definition) is 1. The first-order valence-corrected chi connectivity index (χ1v) is 10.8. The summed E-state index contributed by atoms with van der Waals surface area (Å²) in [5, 5.41) is 6.84. The molecule has 166 valence electrons. The number of aryl methyl sites for hydroxylation is 2. The summed E-state index contributed by atoms with van der Waals surface area (Å²) < 4.78 is 10.8. The van der Waals surface area contributed by atoms with Gasteiger partial charge >= 0.3 is 0 Å². The Morgan fingerprint density at radius 2 is 1.81 bits per heavy atom. The second-order valence-corrected chi connectivity index (χ2v) is 8.05. The Hall–Kier alpha value is -3.45. The summed E-state index contributed by atoms with van der Waals surface area (Å²) in [6, 6.07) is 16.6. The summed E-state index contributed by atoms with van der Waals surface area (Å²) in [6.07, 6.45) is 0.393. The number of aromatic nitrogens is 1. The molecule has 32 heavy (non-hydrogen) atoms. The van der Waals surface area contributed by atoms with Crippen molar-refractivity contribution in [3.05, 3.63) is 77.0 Å². The first kappa shape index (κ1) is 21.8. The lowest BCUT2D eigenvalue weighted by Crippen LogP contribution is -2.52. The van der Waals surface area contributed by atoms with Crippen molar-refractivity contribution >= 4 is 11.8 Å². The van der Waals surface area contributed by atoms with Crippen molar-refractivity contribution in [2.75, 3.05) is 26.3 Å². The summed E-state index contributed by atoms with van der Waals surface area (Å²) in [6.45, 7) is 6.01. The number of hydrogen-bond acceptors (Lipinski definition) is 5. The molecule has 1 atom stereocenters. The highest BCUT2D eigenvalue weighted by atomic mass is 16.5. The number of amides is 2. The zero-order chi connectivity index (χ0) is 22.5. The van der Waals surface area contributed by atoms with E-state index >= 15 is 0 Å². The quantitative estimate of drug-likeness (QED) is 0.646. The molecule has 2 amide bonds. The molecule has 2 heterocycles. The van der Waals surface area contributed by atoms with E-state index in [1.54, 1.807) is 11.0 Å². The van der Waals surface area contributed by atoms with Gasteiger partial charge in [0.05, 0.1) is 13.2 Å². The van der Waals surface area contributed by atoms with Crippen LogP contribution in [0.1, 0.15) is 27.2 Å². The van der Waals surface area contributed by atoms with Crippen molar-refractivity contribution in [1.29, 1.82) is 0 Å². The highest BCUT2D eigenvalue weighted by Gasteiger charge is 2.29. The Labute approximate surface area is 187 Å². The fourth-order valence-corrected chi connectivity index (χ4v) is 3.80. The van der Waals surface area contributed by atoms with E-state index in [9.17, 15) is 9.59 Å². The molecule has 1 N–H and O–H groups in total. The monoisotopic (exact) mass is 433 g/mol. The Kier molecular flexibility index (Phi) is 6.66. The van der Waals surface area contributed by atoms with Gasteiger partial charge in [0.25, 0.3) is 5.91 Å². The van der Waals surface area contributed by atoms with Crippen LogP contribution in [0.3, 0.4) is 0 Å². The Balaban J connectivity index is 1.53. The van der Waals surface area contributed by atoms with Gasteiger partial charge in [-0.05, 0) is 31.0 Å². The molecule has 4 rings (SSSR count). The van der Waals surface area contributed by atoms with E-state index < -0.39 is 11.9 Å². The first-order chi connectivity index (χ1) is 15.5. The Bertz CT molecular complexity index is 1090. The molecule has 1 saturated heterocycles. The van der Waals surface area contributed by atoms with Crippen LogP contribution in [-0.2, 0) is 16.0 Å². The third kappa shape index (κ3) is 5.06. The van der Waals surface area contributed by atoms with E-state index in [2.05, 4.69) is 10.5 Å². The van der Waals surface area contributed by atoms with Crippen molar-refractivity contribution in [3.8, 4) is 11.3 Å². The molecule has 1 aliphatic heterocycles. The van der Waals surface area contributed by atoms with Crippen LogP contribution in [0, 0.1) is 13.8 Å². The molecule has 0 unspecified atom stereocenters. The molecule has 0 radical (unpaired) electrons. The number of carbonyl (C=O) groups is 2. The third-order valence-electron chi connectivity index (χ3n) is 5.61. The van der Waals surface area contributed by atoms with Gasteiger partial charge in [-0.15, -0.1) is 0 Å². The minimum absolute atomic E-state index is 0.122. The maximum Gasteiger partial charge on any atom is 0.274 e. The number of carbonyl (C=O) groups excluding carboxylic acids is 2. The van der Waals surface area contributed by atoms with Crippen LogP contribution in [0.4, 0.5) is 0 Å². The topological polar surface area (TPSA) is 84.7 Å². The smallest absolute Gasteiger partial charge is 0.274 e. The Morgan fingerprint density at radius 3 is 2.56 bits per heavy atom. The van der Waals surface area contributed by atoms with Crippen molar-refractivity contribution in [2.24, 2.45) is 0 Å². The second kappa shape index (κ2) is 9.78. The van der Waals surface area contributed by atoms with E-state index in [0.29, 0.717) is 38.5 Å². The van der Waals surface area contributed by atoms with E-state index in [0.717, 1.165) is 22.3 Å². The van der Waals surface area contributed by atoms with Crippen molar-refractivity contribution in [3.63, 3.8) is 0 Å². The molecule has 0 bridgehead atoms. The predicted octanol–water partition coefficient (Wildman–Crippen LogP) is 3.16. The van der Waals surface area contributed by atoms with Gasteiger partial charge in [0.2, 0.25) is 5.91 Å². The van der Waals surface area contributed by atoms with Crippen molar-refractivity contribution in [1.82, 2.24) is 15.4 Å². The lowest BCUT2D eigenvalue weighted by atomic mass is 10.0. The molecule has 1 aromatic heterocycles. The van der Waals surface area contributed by atoms with Crippen LogP contribution in [0.2, 0.25) is 0 Å².